The zero-order chi connectivity index (χ0) is 33.2. The summed E-state index contributed by atoms with van der Waals surface area (Å²) in [5.41, 5.74) is 13.6. The van der Waals surface area contributed by atoms with Gasteiger partial charge in [0, 0.05) is 64.6 Å². The molecule has 0 radical (unpaired) electrons. The molecule has 0 aromatic heterocycles. The van der Waals surface area contributed by atoms with E-state index in [0.29, 0.717) is 49.1 Å². The van der Waals surface area contributed by atoms with Gasteiger partial charge in [-0.1, -0.05) is 6.58 Å². The number of nitrogens with two attached hydrogens (primary N) is 2. The first-order valence-corrected chi connectivity index (χ1v) is 16.7. The van der Waals surface area contributed by atoms with Crippen LogP contribution < -0.4 is 21.7 Å². The van der Waals surface area contributed by atoms with Crippen molar-refractivity contribution in [2.45, 2.75) is 51.0 Å². The van der Waals surface area contributed by atoms with Gasteiger partial charge in [-0.05, 0) is 75.1 Å². The molecule has 6 rings (SSSR count). The van der Waals surface area contributed by atoms with Crippen molar-refractivity contribution in [3.63, 3.8) is 0 Å². The van der Waals surface area contributed by atoms with E-state index in [2.05, 4.69) is 21.7 Å². The normalized spacial score (nSPS) is 23.8. The van der Waals surface area contributed by atoms with Crippen LogP contribution in [0.3, 0.4) is 0 Å². The van der Waals surface area contributed by atoms with Gasteiger partial charge in [-0.25, -0.2) is 4.39 Å². The van der Waals surface area contributed by atoms with Crippen molar-refractivity contribution in [3.05, 3.63) is 65.0 Å². The third-order valence-electron chi connectivity index (χ3n) is 10.2. The van der Waals surface area contributed by atoms with Crippen LogP contribution in [-0.4, -0.2) is 108 Å². The molecule has 4 amide bonds. The standard InChI is InChI=1S/C34H45FN8O4/c1-22-5-7-28(31(44)38-22)43-32(45)24-19-26(35)29(20-25(24)33(43)46)40-17-15-39(16-18-40)21-23-9-13-41(14-10-23)30(37)8-6-27(36)34(47)42-11-3-2-4-12-42/h6,8,19-20,23,28H,1-5,7,9-18,21,36-37H2,(H,38,44)/b27-6-,30-8+. The van der Waals surface area contributed by atoms with E-state index in [1.807, 2.05) is 4.90 Å². The zero-order valence-corrected chi connectivity index (χ0v) is 26.9. The van der Waals surface area contributed by atoms with Crippen LogP contribution in [-0.2, 0) is 9.59 Å². The number of amides is 4. The highest BCUT2D eigenvalue weighted by Crippen LogP contribution is 2.33. The lowest BCUT2D eigenvalue weighted by molar-refractivity contribution is -0.128. The monoisotopic (exact) mass is 648 g/mol. The van der Waals surface area contributed by atoms with Gasteiger partial charge < -0.3 is 31.5 Å². The summed E-state index contributed by atoms with van der Waals surface area (Å²) in [4.78, 5) is 60.7. The molecule has 4 fully saturated rings. The summed E-state index contributed by atoms with van der Waals surface area (Å²) in [6.07, 6.45) is 9.27. The number of fused-ring (bicyclic) bond motifs is 1. The van der Waals surface area contributed by atoms with Crippen molar-refractivity contribution in [3.8, 4) is 0 Å². The summed E-state index contributed by atoms with van der Waals surface area (Å²) < 4.78 is 15.3. The number of allylic oxidation sites excluding steroid dienone is 3. The number of anilines is 1. The van der Waals surface area contributed by atoms with E-state index in [-0.39, 0.29) is 22.7 Å². The molecule has 1 aromatic rings. The number of likely N-dealkylation sites (tertiary alicyclic amines) is 2. The molecule has 0 aliphatic carbocycles. The van der Waals surface area contributed by atoms with Crippen LogP contribution in [0.5, 0.6) is 0 Å². The second kappa shape index (κ2) is 13.8. The number of benzene rings is 1. The Morgan fingerprint density at radius 2 is 1.53 bits per heavy atom. The van der Waals surface area contributed by atoms with Gasteiger partial charge in [0.25, 0.3) is 17.7 Å². The van der Waals surface area contributed by atoms with Crippen LogP contribution in [0.25, 0.3) is 0 Å². The molecule has 13 heteroatoms. The number of halogens is 1. The van der Waals surface area contributed by atoms with Crippen LogP contribution in [0, 0.1) is 11.7 Å². The van der Waals surface area contributed by atoms with Crippen molar-refractivity contribution in [2.75, 3.05) is 63.8 Å². The van der Waals surface area contributed by atoms with Crippen molar-refractivity contribution < 1.29 is 23.6 Å². The minimum atomic E-state index is -0.932. The highest BCUT2D eigenvalue weighted by molar-refractivity contribution is 6.23. The van der Waals surface area contributed by atoms with Gasteiger partial charge in [-0.15, -0.1) is 0 Å². The Balaban J connectivity index is 0.987. The van der Waals surface area contributed by atoms with Crippen LogP contribution in [0.1, 0.15) is 65.7 Å². The molecule has 5 aliphatic rings. The number of hydrogen-bond acceptors (Lipinski definition) is 9. The van der Waals surface area contributed by atoms with Crippen molar-refractivity contribution >= 4 is 29.3 Å². The van der Waals surface area contributed by atoms with E-state index >= 15 is 4.39 Å². The molecule has 12 nitrogen and oxygen atoms in total. The second-order valence-corrected chi connectivity index (χ2v) is 13.3. The number of hydrogen-bond donors (Lipinski definition) is 3. The molecule has 0 bridgehead atoms. The van der Waals surface area contributed by atoms with E-state index in [4.69, 9.17) is 11.5 Å². The Bertz CT molecular complexity index is 1500. The molecule has 5 heterocycles. The third kappa shape index (κ3) is 6.85. The van der Waals surface area contributed by atoms with Gasteiger partial charge in [0.05, 0.1) is 28.3 Å². The Kier molecular flexibility index (Phi) is 9.53. The minimum absolute atomic E-state index is 0.000611. The average Bonchev–Trinajstić information content (AvgIpc) is 3.31. The maximum atomic E-state index is 15.3. The number of nitrogens with one attached hydrogen (secondary N) is 1. The fourth-order valence-electron chi connectivity index (χ4n) is 7.34. The Labute approximate surface area is 274 Å². The van der Waals surface area contributed by atoms with E-state index in [0.717, 1.165) is 88.9 Å². The molecule has 1 atom stereocenters. The third-order valence-corrected chi connectivity index (χ3v) is 10.2. The number of piperazine rings is 1. The molecule has 0 saturated carbocycles. The molecule has 4 saturated heterocycles. The van der Waals surface area contributed by atoms with Crippen molar-refractivity contribution in [1.29, 1.82) is 0 Å². The summed E-state index contributed by atoms with van der Waals surface area (Å²) in [5.74, 6) is -1.21. The maximum Gasteiger partial charge on any atom is 0.269 e. The summed E-state index contributed by atoms with van der Waals surface area (Å²) in [7, 11) is 0. The minimum Gasteiger partial charge on any atom is -0.394 e. The maximum absolute atomic E-state index is 15.3. The molecule has 47 heavy (non-hydrogen) atoms. The molecule has 1 aromatic carbocycles. The van der Waals surface area contributed by atoms with Crippen molar-refractivity contribution in [2.24, 2.45) is 17.4 Å². The van der Waals surface area contributed by atoms with E-state index in [9.17, 15) is 19.2 Å². The number of rotatable bonds is 7. The van der Waals surface area contributed by atoms with Crippen LogP contribution >= 0.6 is 0 Å². The fourth-order valence-corrected chi connectivity index (χ4v) is 7.34. The quantitative estimate of drug-likeness (QED) is 0.228. The Hall–Kier alpha value is -4.39. The largest absolute Gasteiger partial charge is 0.394 e. The van der Waals surface area contributed by atoms with Gasteiger partial charge in [-0.2, -0.15) is 0 Å². The van der Waals surface area contributed by atoms with E-state index in [1.165, 1.54) is 6.07 Å². The predicted molar refractivity (Wildman–Crippen MR) is 175 cm³/mol. The number of carbonyl (C=O) groups excluding carboxylic acids is 4. The molecule has 1 unspecified atom stereocenters. The van der Waals surface area contributed by atoms with Crippen LogP contribution in [0.4, 0.5) is 10.1 Å². The lowest BCUT2D eigenvalue weighted by atomic mass is 9.96. The predicted octanol–water partition coefficient (Wildman–Crippen LogP) is 1.70. The molecule has 5 aliphatic heterocycles. The zero-order valence-electron chi connectivity index (χ0n) is 26.9. The van der Waals surface area contributed by atoms with Gasteiger partial charge in [0.2, 0.25) is 5.91 Å². The van der Waals surface area contributed by atoms with Crippen molar-refractivity contribution in [1.82, 2.24) is 24.9 Å². The molecule has 252 valence electrons. The fraction of sp³-hybridized carbons (Fsp3) is 0.529. The first kappa shape index (κ1) is 32.5. The smallest absolute Gasteiger partial charge is 0.269 e. The summed E-state index contributed by atoms with van der Waals surface area (Å²) in [6.45, 7) is 10.5. The Morgan fingerprint density at radius 3 is 2.19 bits per heavy atom. The highest BCUT2D eigenvalue weighted by Gasteiger charge is 2.45. The SMILES string of the molecule is C=C1CCC(N2C(=O)c3cc(F)c(N4CCN(CC5CCN(/C(N)=C/C=C(\N)C(=O)N6CCCCC6)CC5)CC4)cc3C2=O)C(=O)N1. The highest BCUT2D eigenvalue weighted by atomic mass is 19.1. The van der Waals surface area contributed by atoms with Gasteiger partial charge >= 0.3 is 0 Å². The van der Waals surface area contributed by atoms with Gasteiger partial charge in [0.15, 0.2) is 0 Å². The molecular formula is C34H45FN8O4. The van der Waals surface area contributed by atoms with Crippen LogP contribution in [0.2, 0.25) is 0 Å². The number of nitrogens with zero attached hydrogens (tertiary/aromatic N) is 5. The van der Waals surface area contributed by atoms with Gasteiger partial charge in [-0.3, -0.25) is 29.0 Å². The first-order chi connectivity index (χ1) is 22.6. The number of imide groups is 1. The number of carbonyl (C=O) groups is 4. The summed E-state index contributed by atoms with van der Waals surface area (Å²) in [5, 5.41) is 2.62. The van der Waals surface area contributed by atoms with E-state index < -0.39 is 29.6 Å². The Morgan fingerprint density at radius 1 is 0.872 bits per heavy atom. The number of piperidine rings is 3. The van der Waals surface area contributed by atoms with E-state index in [1.54, 1.807) is 17.1 Å². The topological polar surface area (TPSA) is 149 Å². The van der Waals surface area contributed by atoms with Gasteiger partial charge in [0.1, 0.15) is 11.9 Å². The second-order valence-electron chi connectivity index (χ2n) is 13.3. The van der Waals surface area contributed by atoms with Crippen LogP contribution in [0.15, 0.2) is 48.1 Å². The summed E-state index contributed by atoms with van der Waals surface area (Å²) >= 11 is 0. The molecule has 5 N–H and O–H groups in total. The first-order valence-electron chi connectivity index (χ1n) is 16.7. The molecule has 0 spiro atoms. The molecular weight excluding hydrogens is 603 g/mol. The lowest BCUT2D eigenvalue weighted by Crippen LogP contribution is -2.51. The summed E-state index contributed by atoms with van der Waals surface area (Å²) in [6, 6.07) is 1.68. The average molecular weight is 649 g/mol. The lowest BCUT2D eigenvalue weighted by Gasteiger charge is -2.40.